The number of hydrogen-bond donors (Lipinski definition) is 4. The van der Waals surface area contributed by atoms with Crippen molar-refractivity contribution in [1.82, 2.24) is 30.4 Å². The number of benzene rings is 2. The van der Waals surface area contributed by atoms with Gasteiger partial charge in [-0.1, -0.05) is 30.3 Å². The second-order valence-corrected chi connectivity index (χ2v) is 8.99. The summed E-state index contributed by atoms with van der Waals surface area (Å²) in [6.45, 7) is 1.87. The normalized spacial score (nSPS) is 14.6. The maximum absolute atomic E-state index is 13.3. The van der Waals surface area contributed by atoms with E-state index in [-0.39, 0.29) is 11.5 Å². The van der Waals surface area contributed by atoms with Gasteiger partial charge in [0.05, 0.1) is 24.1 Å². The third kappa shape index (κ3) is 5.68. The highest BCUT2D eigenvalue weighted by Gasteiger charge is 2.26. The second-order valence-electron chi connectivity index (χ2n) is 8.99. The van der Waals surface area contributed by atoms with Crippen LogP contribution in [0.4, 0.5) is 15.9 Å². The molecule has 1 fully saturated rings. The van der Waals surface area contributed by atoms with E-state index in [0.29, 0.717) is 28.6 Å². The molecule has 2 amide bonds. The smallest absolute Gasteiger partial charge is 0.274 e. The van der Waals surface area contributed by atoms with Gasteiger partial charge in [0.25, 0.3) is 11.8 Å². The van der Waals surface area contributed by atoms with E-state index in [2.05, 4.69) is 31.0 Å². The molecule has 0 saturated carbocycles. The molecule has 2 aromatic heterocycles. The lowest BCUT2D eigenvalue weighted by Gasteiger charge is -2.22. The molecule has 0 radical (unpaired) electrons. The van der Waals surface area contributed by atoms with Gasteiger partial charge in [-0.3, -0.25) is 14.3 Å². The zero-order chi connectivity index (χ0) is 26.5. The van der Waals surface area contributed by atoms with Gasteiger partial charge in [-0.25, -0.2) is 14.4 Å². The summed E-state index contributed by atoms with van der Waals surface area (Å²) >= 11 is 0. The van der Waals surface area contributed by atoms with E-state index in [1.807, 2.05) is 10.9 Å². The fourth-order valence-electron chi connectivity index (χ4n) is 4.34. The number of nitrogens with two attached hydrogens (primary N) is 1. The minimum absolute atomic E-state index is 0.0669. The average molecular weight is 515 g/mol. The highest BCUT2D eigenvalue weighted by Crippen LogP contribution is 2.24. The molecule has 4 aromatic rings. The SMILES string of the molecule is Nc1ncc(-c2cnn(C3CCNCC3)c2)nc1C(=O)N[C@@H](C(=O)Nc1ccc(F)cc1)c1ccccc1. The standard InChI is InChI=1S/C27H27FN8O2/c28-19-6-8-20(9-7-19)33-26(37)23(17-4-2-1-3-5-17)35-27(38)24-25(29)31-15-22(34-24)18-14-32-36(16-18)21-10-12-30-13-11-21/h1-9,14-16,21,23,30H,10-13H2,(H2,29,31)(H,33,37)(H,35,38)/t23-/m1/s1. The molecule has 5 N–H and O–H groups in total. The summed E-state index contributed by atoms with van der Waals surface area (Å²) in [7, 11) is 0. The van der Waals surface area contributed by atoms with Gasteiger partial charge in [0.15, 0.2) is 11.5 Å². The third-order valence-corrected chi connectivity index (χ3v) is 6.38. The zero-order valence-corrected chi connectivity index (χ0v) is 20.5. The van der Waals surface area contributed by atoms with Crippen LogP contribution in [0.1, 0.15) is 41.0 Å². The van der Waals surface area contributed by atoms with E-state index in [9.17, 15) is 14.0 Å². The van der Waals surface area contributed by atoms with Gasteiger partial charge in [-0.15, -0.1) is 0 Å². The quantitative estimate of drug-likeness (QED) is 0.297. The van der Waals surface area contributed by atoms with Crippen LogP contribution in [-0.4, -0.2) is 44.7 Å². The van der Waals surface area contributed by atoms with Crippen LogP contribution in [0.2, 0.25) is 0 Å². The summed E-state index contributed by atoms with van der Waals surface area (Å²) in [5.74, 6) is -1.67. The molecule has 0 spiro atoms. The zero-order valence-electron chi connectivity index (χ0n) is 20.5. The first kappa shape index (κ1) is 25.0. The topological polar surface area (TPSA) is 140 Å². The summed E-state index contributed by atoms with van der Waals surface area (Å²) in [4.78, 5) is 35.2. The summed E-state index contributed by atoms with van der Waals surface area (Å²) < 4.78 is 15.2. The Kier molecular flexibility index (Phi) is 7.36. The second kappa shape index (κ2) is 11.2. The lowest BCUT2D eigenvalue weighted by Crippen LogP contribution is -2.37. The van der Waals surface area contributed by atoms with Crippen molar-refractivity contribution in [2.45, 2.75) is 24.9 Å². The Morgan fingerprint density at radius 3 is 2.53 bits per heavy atom. The molecule has 5 rings (SSSR count). The number of rotatable bonds is 7. The molecule has 1 saturated heterocycles. The molecule has 1 aliphatic heterocycles. The number of aromatic nitrogens is 4. The molecule has 194 valence electrons. The van der Waals surface area contributed by atoms with Gasteiger partial charge in [0, 0.05) is 17.4 Å². The Morgan fingerprint density at radius 2 is 1.79 bits per heavy atom. The van der Waals surface area contributed by atoms with Crippen LogP contribution < -0.4 is 21.7 Å². The number of nitrogen functional groups attached to an aromatic ring is 1. The Morgan fingerprint density at radius 1 is 1.05 bits per heavy atom. The number of piperidine rings is 1. The molecular weight excluding hydrogens is 487 g/mol. The number of carbonyl (C=O) groups excluding carboxylic acids is 2. The first-order valence-electron chi connectivity index (χ1n) is 12.3. The Hall–Kier alpha value is -4.64. The maximum atomic E-state index is 13.3. The van der Waals surface area contributed by atoms with Crippen LogP contribution in [0, 0.1) is 5.82 Å². The van der Waals surface area contributed by atoms with Crippen LogP contribution in [0.5, 0.6) is 0 Å². The van der Waals surface area contributed by atoms with Gasteiger partial charge in [-0.2, -0.15) is 5.10 Å². The highest BCUT2D eigenvalue weighted by molar-refractivity contribution is 6.02. The van der Waals surface area contributed by atoms with Crippen LogP contribution in [0.15, 0.2) is 73.2 Å². The van der Waals surface area contributed by atoms with Gasteiger partial charge in [0.2, 0.25) is 0 Å². The van der Waals surface area contributed by atoms with Crippen LogP contribution >= 0.6 is 0 Å². The minimum atomic E-state index is -1.07. The summed E-state index contributed by atoms with van der Waals surface area (Å²) in [6.07, 6.45) is 7.02. The first-order valence-corrected chi connectivity index (χ1v) is 12.3. The Balaban J connectivity index is 1.38. The molecule has 0 aliphatic carbocycles. The number of amides is 2. The Bertz CT molecular complexity index is 1420. The molecule has 1 aliphatic rings. The molecule has 0 unspecified atom stereocenters. The summed E-state index contributed by atoms with van der Waals surface area (Å²) in [5.41, 5.74) is 8.00. The maximum Gasteiger partial charge on any atom is 0.274 e. The molecule has 2 aromatic carbocycles. The third-order valence-electron chi connectivity index (χ3n) is 6.38. The van der Waals surface area contributed by atoms with Crippen LogP contribution in [0.3, 0.4) is 0 Å². The van der Waals surface area contributed by atoms with Gasteiger partial charge >= 0.3 is 0 Å². The van der Waals surface area contributed by atoms with Gasteiger partial charge in [0.1, 0.15) is 11.9 Å². The average Bonchev–Trinajstić information content (AvgIpc) is 3.44. The van der Waals surface area contributed by atoms with E-state index < -0.39 is 23.7 Å². The minimum Gasteiger partial charge on any atom is -0.382 e. The van der Waals surface area contributed by atoms with E-state index in [1.165, 1.54) is 30.5 Å². The molecule has 10 nitrogen and oxygen atoms in total. The predicted molar refractivity (Wildman–Crippen MR) is 140 cm³/mol. The number of anilines is 2. The fourth-order valence-corrected chi connectivity index (χ4v) is 4.34. The molecule has 3 heterocycles. The van der Waals surface area contributed by atoms with Gasteiger partial charge in [-0.05, 0) is 55.8 Å². The molecule has 1 atom stereocenters. The number of halogens is 1. The first-order chi connectivity index (χ1) is 18.5. The molecule has 38 heavy (non-hydrogen) atoms. The van der Waals surface area contributed by atoms with Crippen molar-refractivity contribution < 1.29 is 14.0 Å². The molecular formula is C27H27FN8O2. The van der Waals surface area contributed by atoms with Crippen LogP contribution in [-0.2, 0) is 4.79 Å². The van der Waals surface area contributed by atoms with Crippen molar-refractivity contribution in [1.29, 1.82) is 0 Å². The predicted octanol–water partition coefficient (Wildman–Crippen LogP) is 3.10. The largest absolute Gasteiger partial charge is 0.382 e. The van der Waals surface area contributed by atoms with E-state index >= 15 is 0 Å². The monoisotopic (exact) mass is 514 g/mol. The van der Waals surface area contributed by atoms with E-state index in [1.54, 1.807) is 36.5 Å². The van der Waals surface area contributed by atoms with E-state index in [4.69, 9.17) is 5.73 Å². The van der Waals surface area contributed by atoms with Crippen molar-refractivity contribution in [3.63, 3.8) is 0 Å². The number of hydrogen-bond acceptors (Lipinski definition) is 7. The van der Waals surface area contributed by atoms with Crippen molar-refractivity contribution >= 4 is 23.3 Å². The number of nitrogens with zero attached hydrogens (tertiary/aromatic N) is 4. The van der Waals surface area contributed by atoms with Crippen molar-refractivity contribution in [2.24, 2.45) is 0 Å². The fraction of sp³-hybridized carbons (Fsp3) is 0.222. The molecule has 0 bridgehead atoms. The van der Waals surface area contributed by atoms with Crippen molar-refractivity contribution in [2.75, 3.05) is 24.1 Å². The van der Waals surface area contributed by atoms with Crippen molar-refractivity contribution in [3.05, 3.63) is 90.3 Å². The summed E-state index contributed by atoms with van der Waals surface area (Å²) in [6, 6.07) is 13.3. The lowest BCUT2D eigenvalue weighted by atomic mass is 10.1. The number of carbonyl (C=O) groups is 2. The van der Waals surface area contributed by atoms with Crippen molar-refractivity contribution in [3.8, 4) is 11.3 Å². The van der Waals surface area contributed by atoms with E-state index in [0.717, 1.165) is 25.9 Å². The summed E-state index contributed by atoms with van der Waals surface area (Å²) in [5, 5.41) is 13.2. The van der Waals surface area contributed by atoms with Gasteiger partial charge < -0.3 is 21.7 Å². The lowest BCUT2D eigenvalue weighted by molar-refractivity contribution is -0.118. The Labute approximate surface area is 218 Å². The highest BCUT2D eigenvalue weighted by atomic mass is 19.1. The number of nitrogens with one attached hydrogen (secondary N) is 3. The molecule has 11 heteroatoms. The van der Waals surface area contributed by atoms with Crippen LogP contribution in [0.25, 0.3) is 11.3 Å².